The average Bonchev–Trinajstić information content (AvgIpc) is 2.67. The summed E-state index contributed by atoms with van der Waals surface area (Å²) >= 11 is 3.38. The predicted octanol–water partition coefficient (Wildman–Crippen LogP) is 3.70. The Kier molecular flexibility index (Phi) is 8.48. The van der Waals surface area contributed by atoms with Gasteiger partial charge >= 0.3 is 0 Å². The van der Waals surface area contributed by atoms with Crippen molar-refractivity contribution in [2.75, 3.05) is 31.5 Å². The highest BCUT2D eigenvalue weighted by Gasteiger charge is 2.08. The van der Waals surface area contributed by atoms with Gasteiger partial charge in [-0.3, -0.25) is 9.59 Å². The third-order valence-corrected chi connectivity index (χ3v) is 4.85. The Balaban J connectivity index is 1.82. The molecule has 0 radical (unpaired) electrons. The first-order valence-corrected chi connectivity index (χ1v) is 9.96. The summed E-state index contributed by atoms with van der Waals surface area (Å²) in [5.41, 5.74) is 2.21. The monoisotopic (exact) mass is 431 g/mol. The maximum Gasteiger partial charge on any atom is 0.251 e. The van der Waals surface area contributed by atoms with Gasteiger partial charge in [0.1, 0.15) is 0 Å². The van der Waals surface area contributed by atoms with Gasteiger partial charge in [0.15, 0.2) is 0 Å². The summed E-state index contributed by atoms with van der Waals surface area (Å²) in [6, 6.07) is 14.6. The van der Waals surface area contributed by atoms with Crippen molar-refractivity contribution >= 4 is 33.4 Å². The van der Waals surface area contributed by atoms with Crippen LogP contribution in [0.15, 0.2) is 53.0 Å². The number of hydrogen-bond donors (Lipinski definition) is 2. The van der Waals surface area contributed by atoms with Crippen LogP contribution < -0.4 is 10.6 Å². The standard InChI is InChI=1S/C21H26BrN3O2/c1-3-25(4-2)14-13-23-21(27)17-7-11-19(12-8-17)24-20(26)15-16-5-9-18(22)10-6-16/h5-12H,3-4,13-15H2,1-2H3,(H,23,27)(H,24,26). The number of rotatable bonds is 9. The van der Waals surface area contributed by atoms with E-state index in [1.54, 1.807) is 24.3 Å². The summed E-state index contributed by atoms with van der Waals surface area (Å²) in [7, 11) is 0. The number of likely N-dealkylation sites (N-methyl/N-ethyl adjacent to an activating group) is 1. The number of anilines is 1. The van der Waals surface area contributed by atoms with Crippen LogP contribution in [-0.4, -0.2) is 42.9 Å². The van der Waals surface area contributed by atoms with Gasteiger partial charge in [-0.2, -0.15) is 0 Å². The zero-order valence-electron chi connectivity index (χ0n) is 15.8. The Morgan fingerprint density at radius 3 is 2.19 bits per heavy atom. The fourth-order valence-corrected chi connectivity index (χ4v) is 2.93. The number of hydrogen-bond acceptors (Lipinski definition) is 3. The van der Waals surface area contributed by atoms with Gasteiger partial charge in [0.25, 0.3) is 5.91 Å². The molecule has 0 aliphatic rings. The van der Waals surface area contributed by atoms with Crippen LogP contribution in [0, 0.1) is 0 Å². The minimum Gasteiger partial charge on any atom is -0.351 e. The number of carbonyl (C=O) groups excluding carboxylic acids is 2. The molecule has 0 fully saturated rings. The first kappa shape index (κ1) is 21.1. The number of nitrogens with zero attached hydrogens (tertiary/aromatic N) is 1. The van der Waals surface area contributed by atoms with E-state index in [1.165, 1.54) is 0 Å². The topological polar surface area (TPSA) is 61.4 Å². The van der Waals surface area contributed by atoms with Gasteiger partial charge in [0, 0.05) is 28.8 Å². The second-order valence-corrected chi connectivity index (χ2v) is 7.13. The van der Waals surface area contributed by atoms with E-state index in [1.807, 2.05) is 24.3 Å². The van der Waals surface area contributed by atoms with Crippen molar-refractivity contribution in [2.24, 2.45) is 0 Å². The lowest BCUT2D eigenvalue weighted by Crippen LogP contribution is -2.34. The van der Waals surface area contributed by atoms with Crippen LogP contribution in [0.1, 0.15) is 29.8 Å². The summed E-state index contributed by atoms with van der Waals surface area (Å²) in [5.74, 6) is -0.191. The van der Waals surface area contributed by atoms with E-state index in [2.05, 4.69) is 45.3 Å². The third kappa shape index (κ3) is 7.15. The van der Waals surface area contributed by atoms with Gasteiger partial charge in [-0.15, -0.1) is 0 Å². The van der Waals surface area contributed by atoms with Gasteiger partial charge in [-0.25, -0.2) is 0 Å². The van der Waals surface area contributed by atoms with Crippen LogP contribution in [0.3, 0.4) is 0 Å². The summed E-state index contributed by atoms with van der Waals surface area (Å²) in [6.45, 7) is 7.61. The van der Waals surface area contributed by atoms with Crippen molar-refractivity contribution in [3.8, 4) is 0 Å². The molecule has 0 bridgehead atoms. The number of halogens is 1. The molecule has 0 aliphatic heterocycles. The second kappa shape index (κ2) is 10.8. The minimum absolute atomic E-state index is 0.0891. The molecule has 0 saturated heterocycles. The van der Waals surface area contributed by atoms with E-state index in [0.717, 1.165) is 29.7 Å². The van der Waals surface area contributed by atoms with Gasteiger partial charge < -0.3 is 15.5 Å². The zero-order chi connectivity index (χ0) is 19.6. The number of carbonyl (C=O) groups is 2. The van der Waals surface area contributed by atoms with E-state index in [0.29, 0.717) is 24.2 Å². The number of nitrogens with one attached hydrogen (secondary N) is 2. The molecule has 0 aliphatic carbocycles. The van der Waals surface area contributed by atoms with Gasteiger partial charge in [0.2, 0.25) is 5.91 Å². The van der Waals surface area contributed by atoms with E-state index < -0.39 is 0 Å². The lowest BCUT2D eigenvalue weighted by Gasteiger charge is -2.18. The first-order valence-electron chi connectivity index (χ1n) is 9.16. The largest absolute Gasteiger partial charge is 0.351 e. The van der Waals surface area contributed by atoms with E-state index >= 15 is 0 Å². The van der Waals surface area contributed by atoms with Crippen molar-refractivity contribution in [3.63, 3.8) is 0 Å². The summed E-state index contributed by atoms with van der Waals surface area (Å²) in [4.78, 5) is 26.6. The molecule has 2 amide bonds. The highest BCUT2D eigenvalue weighted by atomic mass is 79.9. The third-order valence-electron chi connectivity index (χ3n) is 4.32. The average molecular weight is 432 g/mol. The molecule has 144 valence electrons. The maximum atomic E-state index is 12.2. The smallest absolute Gasteiger partial charge is 0.251 e. The molecule has 0 heterocycles. The summed E-state index contributed by atoms with van der Waals surface area (Å²) in [5, 5.41) is 5.78. The molecule has 0 aromatic heterocycles. The Labute approximate surface area is 169 Å². The molecule has 27 heavy (non-hydrogen) atoms. The number of amides is 2. The molecule has 2 rings (SSSR count). The van der Waals surface area contributed by atoms with Crippen molar-refractivity contribution in [2.45, 2.75) is 20.3 Å². The lowest BCUT2D eigenvalue weighted by molar-refractivity contribution is -0.115. The van der Waals surface area contributed by atoms with Gasteiger partial charge in [-0.1, -0.05) is 41.9 Å². The highest BCUT2D eigenvalue weighted by molar-refractivity contribution is 9.10. The Hall–Kier alpha value is -2.18. The van der Waals surface area contributed by atoms with Crippen LogP contribution in [0.5, 0.6) is 0 Å². The molecule has 2 aromatic carbocycles. The maximum absolute atomic E-state index is 12.2. The molecular formula is C21H26BrN3O2. The van der Waals surface area contributed by atoms with Crippen LogP contribution in [0.25, 0.3) is 0 Å². The fourth-order valence-electron chi connectivity index (χ4n) is 2.67. The molecule has 0 saturated carbocycles. The van der Waals surface area contributed by atoms with Crippen LogP contribution in [-0.2, 0) is 11.2 Å². The van der Waals surface area contributed by atoms with Crippen molar-refractivity contribution in [3.05, 3.63) is 64.1 Å². The van der Waals surface area contributed by atoms with Crippen molar-refractivity contribution in [1.29, 1.82) is 0 Å². The van der Waals surface area contributed by atoms with Crippen molar-refractivity contribution < 1.29 is 9.59 Å². The van der Waals surface area contributed by atoms with Crippen LogP contribution in [0.4, 0.5) is 5.69 Å². The highest BCUT2D eigenvalue weighted by Crippen LogP contribution is 2.13. The summed E-state index contributed by atoms with van der Waals surface area (Å²) in [6.07, 6.45) is 0.306. The molecule has 0 spiro atoms. The first-order chi connectivity index (χ1) is 13.0. The Morgan fingerprint density at radius 2 is 1.59 bits per heavy atom. The molecule has 0 unspecified atom stereocenters. The molecule has 2 aromatic rings. The number of benzene rings is 2. The molecular weight excluding hydrogens is 406 g/mol. The Morgan fingerprint density at radius 1 is 0.963 bits per heavy atom. The van der Waals surface area contributed by atoms with Crippen LogP contribution >= 0.6 is 15.9 Å². The normalized spacial score (nSPS) is 10.7. The second-order valence-electron chi connectivity index (χ2n) is 6.21. The predicted molar refractivity (Wildman–Crippen MR) is 113 cm³/mol. The molecule has 2 N–H and O–H groups in total. The van der Waals surface area contributed by atoms with Gasteiger partial charge in [-0.05, 0) is 55.1 Å². The van der Waals surface area contributed by atoms with Crippen molar-refractivity contribution in [1.82, 2.24) is 10.2 Å². The van der Waals surface area contributed by atoms with Crippen LogP contribution in [0.2, 0.25) is 0 Å². The Bertz CT molecular complexity index is 741. The lowest BCUT2D eigenvalue weighted by atomic mass is 10.1. The summed E-state index contributed by atoms with van der Waals surface area (Å²) < 4.78 is 0.984. The quantitative estimate of drug-likeness (QED) is 0.635. The minimum atomic E-state index is -0.102. The van der Waals surface area contributed by atoms with E-state index in [-0.39, 0.29) is 11.8 Å². The molecule has 0 atom stereocenters. The zero-order valence-corrected chi connectivity index (χ0v) is 17.4. The van der Waals surface area contributed by atoms with E-state index in [4.69, 9.17) is 0 Å². The molecule has 5 nitrogen and oxygen atoms in total. The van der Waals surface area contributed by atoms with E-state index in [9.17, 15) is 9.59 Å². The SMILES string of the molecule is CCN(CC)CCNC(=O)c1ccc(NC(=O)Cc2ccc(Br)cc2)cc1. The fraction of sp³-hybridized carbons (Fsp3) is 0.333. The molecule has 6 heteroatoms. The van der Waals surface area contributed by atoms with Gasteiger partial charge in [0.05, 0.1) is 6.42 Å².